The first-order chi connectivity index (χ1) is 13.3. The summed E-state index contributed by atoms with van der Waals surface area (Å²) in [4.78, 5) is 5.51. The number of nitrogens with one attached hydrogen (secondary N) is 1. The van der Waals surface area contributed by atoms with Crippen molar-refractivity contribution < 1.29 is 4.65 Å². The first-order valence-corrected chi connectivity index (χ1v) is 10.3. The Balaban J connectivity index is 1.49. The van der Waals surface area contributed by atoms with E-state index in [1.54, 1.807) is 11.3 Å². The third-order valence-corrected chi connectivity index (χ3v) is 5.84. The molecule has 1 unspecified atom stereocenters. The lowest BCUT2D eigenvalue weighted by molar-refractivity contribution is 0.132. The van der Waals surface area contributed by atoms with Crippen LogP contribution in [-0.4, -0.2) is 24.2 Å². The van der Waals surface area contributed by atoms with Crippen molar-refractivity contribution in [1.29, 1.82) is 0 Å². The summed E-state index contributed by atoms with van der Waals surface area (Å²) in [6.07, 6.45) is 4.80. The van der Waals surface area contributed by atoms with Gasteiger partial charge in [-0.25, -0.2) is 0 Å². The SMILES string of the molecule is NC(C[C@H]1C[C@@H](Cc2cncs2)NB(c2ccccc2)O1)c1ccccc1. The standard InChI is InChI=1S/C21H24BN3OS/c23-21(16-7-3-1-4-8-16)13-19-11-18(12-20-14-24-15-27-20)25-22(26-19)17-9-5-2-6-10-17/h1-10,14-15,18-19,21,25H,11-13,23H2/t18-,19+,21?/m0/s1. The molecule has 0 saturated carbocycles. The van der Waals surface area contributed by atoms with Gasteiger partial charge in [-0.05, 0) is 30.3 Å². The molecule has 1 aliphatic heterocycles. The van der Waals surface area contributed by atoms with E-state index in [1.165, 1.54) is 4.88 Å². The maximum Gasteiger partial charge on any atom is 0.416 e. The van der Waals surface area contributed by atoms with Crippen LogP contribution in [0.4, 0.5) is 0 Å². The van der Waals surface area contributed by atoms with Crippen LogP contribution in [0.15, 0.2) is 72.4 Å². The van der Waals surface area contributed by atoms with Crippen molar-refractivity contribution in [3.63, 3.8) is 0 Å². The van der Waals surface area contributed by atoms with E-state index < -0.39 is 0 Å². The molecule has 1 saturated heterocycles. The minimum absolute atomic E-state index is 0.0187. The minimum atomic E-state index is -0.106. The predicted octanol–water partition coefficient (Wildman–Crippen LogP) is 2.92. The van der Waals surface area contributed by atoms with Gasteiger partial charge in [0, 0.05) is 29.3 Å². The van der Waals surface area contributed by atoms with Gasteiger partial charge in [-0.15, -0.1) is 11.3 Å². The van der Waals surface area contributed by atoms with Crippen LogP contribution in [0.25, 0.3) is 0 Å². The number of thiazole rings is 1. The topological polar surface area (TPSA) is 60.2 Å². The average molecular weight is 377 g/mol. The highest BCUT2D eigenvalue weighted by Gasteiger charge is 2.34. The number of aromatic nitrogens is 1. The molecule has 138 valence electrons. The van der Waals surface area contributed by atoms with Gasteiger partial charge in [0.2, 0.25) is 0 Å². The molecule has 0 amide bonds. The number of rotatable bonds is 6. The molecule has 27 heavy (non-hydrogen) atoms. The quantitative estimate of drug-likeness (QED) is 0.649. The Morgan fingerprint density at radius 1 is 1.15 bits per heavy atom. The lowest BCUT2D eigenvalue weighted by Crippen LogP contribution is -2.59. The van der Waals surface area contributed by atoms with Crippen LogP contribution < -0.4 is 16.4 Å². The molecule has 4 nitrogen and oxygen atoms in total. The highest BCUT2D eigenvalue weighted by atomic mass is 32.1. The molecule has 4 rings (SSSR count). The first-order valence-electron chi connectivity index (χ1n) is 9.42. The van der Waals surface area contributed by atoms with Gasteiger partial charge in [0.25, 0.3) is 0 Å². The highest BCUT2D eigenvalue weighted by Crippen LogP contribution is 2.24. The van der Waals surface area contributed by atoms with E-state index in [2.05, 4.69) is 46.6 Å². The average Bonchev–Trinajstić information content (AvgIpc) is 3.22. The maximum absolute atomic E-state index is 6.48. The van der Waals surface area contributed by atoms with Crippen molar-refractivity contribution in [2.75, 3.05) is 0 Å². The summed E-state index contributed by atoms with van der Waals surface area (Å²) in [6.45, 7) is 0. The number of hydrogen-bond acceptors (Lipinski definition) is 5. The summed E-state index contributed by atoms with van der Waals surface area (Å²) in [7, 11) is -0.106. The van der Waals surface area contributed by atoms with Gasteiger partial charge in [-0.1, -0.05) is 60.7 Å². The predicted molar refractivity (Wildman–Crippen MR) is 112 cm³/mol. The molecule has 0 spiro atoms. The van der Waals surface area contributed by atoms with E-state index in [4.69, 9.17) is 10.4 Å². The van der Waals surface area contributed by atoms with Gasteiger partial charge in [-0.3, -0.25) is 4.98 Å². The van der Waals surface area contributed by atoms with Crippen molar-refractivity contribution in [2.24, 2.45) is 5.73 Å². The summed E-state index contributed by atoms with van der Waals surface area (Å²) in [5.41, 5.74) is 10.7. The van der Waals surface area contributed by atoms with Crippen LogP contribution in [0.2, 0.25) is 0 Å². The number of benzene rings is 2. The molecule has 0 bridgehead atoms. The van der Waals surface area contributed by atoms with Gasteiger partial charge in [0.1, 0.15) is 0 Å². The fourth-order valence-corrected chi connectivity index (χ4v) is 4.36. The fraction of sp³-hybridized carbons (Fsp3) is 0.286. The van der Waals surface area contributed by atoms with E-state index in [9.17, 15) is 0 Å². The third-order valence-electron chi connectivity index (χ3n) is 5.04. The summed E-state index contributed by atoms with van der Waals surface area (Å²) in [6, 6.07) is 21.0. The second kappa shape index (κ2) is 8.80. The zero-order valence-corrected chi connectivity index (χ0v) is 16.0. The Hall–Kier alpha value is -1.99. The smallest absolute Gasteiger partial charge is 0.415 e. The van der Waals surface area contributed by atoms with E-state index in [1.807, 2.05) is 36.0 Å². The van der Waals surface area contributed by atoms with Gasteiger partial charge < -0.3 is 15.6 Å². The van der Waals surface area contributed by atoms with Crippen molar-refractivity contribution in [3.8, 4) is 0 Å². The van der Waals surface area contributed by atoms with Gasteiger partial charge >= 0.3 is 7.05 Å². The molecular formula is C21H24BN3OS. The van der Waals surface area contributed by atoms with Crippen LogP contribution in [0.5, 0.6) is 0 Å². The molecule has 0 radical (unpaired) electrons. The van der Waals surface area contributed by atoms with Gasteiger partial charge in [0.15, 0.2) is 0 Å². The Morgan fingerprint density at radius 2 is 1.89 bits per heavy atom. The van der Waals surface area contributed by atoms with Crippen LogP contribution >= 0.6 is 11.3 Å². The molecule has 3 aromatic rings. The van der Waals surface area contributed by atoms with Crippen LogP contribution in [-0.2, 0) is 11.1 Å². The number of nitrogens with two attached hydrogens (primary N) is 1. The van der Waals surface area contributed by atoms with Crippen LogP contribution in [0.1, 0.15) is 29.3 Å². The maximum atomic E-state index is 6.48. The molecular weight excluding hydrogens is 353 g/mol. The zero-order valence-electron chi connectivity index (χ0n) is 15.2. The van der Waals surface area contributed by atoms with E-state index in [-0.39, 0.29) is 19.2 Å². The summed E-state index contributed by atoms with van der Waals surface area (Å²) in [5, 5.41) is 3.67. The number of hydrogen-bond donors (Lipinski definition) is 2. The van der Waals surface area contributed by atoms with Gasteiger partial charge in [0.05, 0.1) is 5.51 Å². The van der Waals surface area contributed by atoms with Crippen molar-refractivity contribution in [2.45, 2.75) is 37.5 Å². The van der Waals surface area contributed by atoms with Crippen molar-refractivity contribution >= 4 is 23.9 Å². The summed E-state index contributed by atoms with van der Waals surface area (Å²) < 4.78 is 6.41. The molecule has 6 heteroatoms. The second-order valence-electron chi connectivity index (χ2n) is 7.07. The molecule has 3 atom stereocenters. The Bertz CT molecular complexity index is 814. The molecule has 1 aliphatic rings. The van der Waals surface area contributed by atoms with Crippen LogP contribution in [0, 0.1) is 0 Å². The molecule has 1 aromatic heterocycles. The normalized spacial score (nSPS) is 21.1. The van der Waals surface area contributed by atoms with E-state index in [0.29, 0.717) is 6.04 Å². The Labute approximate surface area is 164 Å². The first kappa shape index (κ1) is 18.4. The molecule has 2 aromatic carbocycles. The molecule has 3 N–H and O–H groups in total. The van der Waals surface area contributed by atoms with Crippen molar-refractivity contribution in [1.82, 2.24) is 10.2 Å². The lowest BCUT2D eigenvalue weighted by atomic mass is 9.69. The molecule has 1 fully saturated rings. The summed E-state index contributed by atoms with van der Waals surface area (Å²) in [5.74, 6) is 0. The van der Waals surface area contributed by atoms with E-state index >= 15 is 0 Å². The summed E-state index contributed by atoms with van der Waals surface area (Å²) >= 11 is 1.71. The molecule has 2 heterocycles. The molecule has 0 aliphatic carbocycles. The highest BCUT2D eigenvalue weighted by molar-refractivity contribution is 7.09. The monoisotopic (exact) mass is 377 g/mol. The largest absolute Gasteiger partial charge is 0.416 e. The lowest BCUT2D eigenvalue weighted by Gasteiger charge is -2.36. The fourth-order valence-electron chi connectivity index (χ4n) is 3.69. The van der Waals surface area contributed by atoms with Gasteiger partial charge in [-0.2, -0.15) is 0 Å². The zero-order chi connectivity index (χ0) is 18.5. The second-order valence-corrected chi connectivity index (χ2v) is 8.04. The Morgan fingerprint density at radius 3 is 2.59 bits per heavy atom. The van der Waals surface area contributed by atoms with Crippen LogP contribution in [0.3, 0.4) is 0 Å². The van der Waals surface area contributed by atoms with Crippen molar-refractivity contribution in [3.05, 3.63) is 82.8 Å². The Kier molecular flexibility index (Phi) is 5.99. The van der Waals surface area contributed by atoms with E-state index in [0.717, 1.165) is 30.3 Å². The third kappa shape index (κ3) is 4.84. The minimum Gasteiger partial charge on any atom is -0.415 e. The number of nitrogens with zero attached hydrogens (tertiary/aromatic N) is 1.